The third-order valence-electron chi connectivity index (χ3n) is 1.90. The van der Waals surface area contributed by atoms with E-state index < -0.39 is 5.97 Å². The number of hydrogen-bond acceptors (Lipinski definition) is 3. The lowest BCUT2D eigenvalue weighted by atomic mass is 10.2. The molecule has 2 rings (SSSR count). The molecule has 86 valence electrons. The molecule has 0 saturated carbocycles. The minimum Gasteiger partial charge on any atom is -0.478 e. The van der Waals surface area contributed by atoms with Crippen molar-refractivity contribution in [3.05, 3.63) is 23.8 Å². The Morgan fingerprint density at radius 3 is 2.69 bits per heavy atom. The number of imidazole rings is 1. The van der Waals surface area contributed by atoms with Gasteiger partial charge in [0, 0.05) is 0 Å². The Balaban J connectivity index is 0.000000606. The molecule has 0 aliphatic heterocycles. The van der Waals surface area contributed by atoms with Crippen molar-refractivity contribution in [1.29, 1.82) is 0 Å². The molecule has 0 saturated heterocycles. The van der Waals surface area contributed by atoms with E-state index >= 15 is 0 Å². The van der Waals surface area contributed by atoms with Crippen LogP contribution in [0.2, 0.25) is 0 Å². The summed E-state index contributed by atoms with van der Waals surface area (Å²) in [5, 5.41) is 9.56. The molecule has 4 nitrogen and oxygen atoms in total. The number of aromatic nitrogens is 2. The van der Waals surface area contributed by atoms with Crippen molar-refractivity contribution < 1.29 is 9.90 Å². The van der Waals surface area contributed by atoms with E-state index in [1.54, 1.807) is 18.2 Å². The average Bonchev–Trinajstić information content (AvgIpc) is 2.73. The van der Waals surface area contributed by atoms with Crippen molar-refractivity contribution in [2.75, 3.05) is 6.26 Å². The summed E-state index contributed by atoms with van der Waals surface area (Å²) in [7, 11) is 0. The van der Waals surface area contributed by atoms with Crippen molar-refractivity contribution in [2.45, 2.75) is 19.0 Å². The fourth-order valence-electron chi connectivity index (χ4n) is 1.22. The highest BCUT2D eigenvalue weighted by Gasteiger charge is 2.06. The number of carbonyl (C=O) groups is 1. The van der Waals surface area contributed by atoms with Gasteiger partial charge in [-0.3, -0.25) is 0 Å². The third-order valence-corrected chi connectivity index (χ3v) is 2.48. The summed E-state index contributed by atoms with van der Waals surface area (Å²) in [4.78, 5) is 18.0. The first-order valence-electron chi connectivity index (χ1n) is 4.98. The number of fused-ring (bicyclic) bond motifs is 1. The maximum absolute atomic E-state index is 10.7. The van der Waals surface area contributed by atoms with Gasteiger partial charge in [-0.25, -0.2) is 9.78 Å². The minimum absolute atomic E-state index is 0.272. The second kappa shape index (κ2) is 5.55. The first kappa shape index (κ1) is 12.6. The fraction of sp³-hybridized carbons (Fsp3) is 0.273. The lowest BCUT2D eigenvalue weighted by Crippen LogP contribution is -1.94. The number of H-pyrrole nitrogens is 1. The van der Waals surface area contributed by atoms with Gasteiger partial charge >= 0.3 is 5.97 Å². The van der Waals surface area contributed by atoms with Crippen molar-refractivity contribution in [2.24, 2.45) is 0 Å². The lowest BCUT2D eigenvalue weighted by Gasteiger charge is -1.92. The Labute approximate surface area is 98.1 Å². The second-order valence-corrected chi connectivity index (χ2v) is 3.58. The number of thioether (sulfide) groups is 1. The monoisotopic (exact) mass is 238 g/mol. The lowest BCUT2D eigenvalue weighted by molar-refractivity contribution is 0.0697. The van der Waals surface area contributed by atoms with Crippen LogP contribution in [0.15, 0.2) is 23.4 Å². The molecule has 1 heterocycles. The molecule has 1 aromatic carbocycles. The molecule has 0 bridgehead atoms. The van der Waals surface area contributed by atoms with Crippen molar-refractivity contribution in [3.63, 3.8) is 0 Å². The molecule has 1 aromatic heterocycles. The summed E-state index contributed by atoms with van der Waals surface area (Å²) in [5.41, 5.74) is 1.82. The highest BCUT2D eigenvalue weighted by Crippen LogP contribution is 2.18. The number of nitrogens with one attached hydrogen (secondary N) is 1. The number of benzene rings is 1. The molecule has 2 N–H and O–H groups in total. The Bertz CT molecular complexity index is 494. The normalized spacial score (nSPS) is 9.69. The molecule has 0 spiro atoms. The van der Waals surface area contributed by atoms with Crippen LogP contribution in [0.4, 0.5) is 0 Å². The number of hydrogen-bond donors (Lipinski definition) is 2. The standard InChI is InChI=1S/C9H8N2O2S.C2H6/c1-14-9-10-6-3-2-5(8(12)13)4-7(6)11-9;1-2/h2-4H,1H3,(H,10,11)(H,12,13);1-2H3. The molecule has 0 atom stereocenters. The first-order valence-corrected chi connectivity index (χ1v) is 6.20. The van der Waals surface area contributed by atoms with Crippen LogP contribution >= 0.6 is 11.8 Å². The van der Waals surface area contributed by atoms with Crippen LogP contribution in [0.25, 0.3) is 11.0 Å². The fourth-order valence-corrected chi connectivity index (χ4v) is 1.62. The minimum atomic E-state index is -0.924. The zero-order valence-corrected chi connectivity index (χ0v) is 10.3. The maximum Gasteiger partial charge on any atom is 0.335 e. The quantitative estimate of drug-likeness (QED) is 0.789. The predicted molar refractivity (Wildman–Crippen MR) is 66.2 cm³/mol. The van der Waals surface area contributed by atoms with Gasteiger partial charge in [0.15, 0.2) is 5.16 Å². The van der Waals surface area contributed by atoms with Gasteiger partial charge in [0.25, 0.3) is 0 Å². The summed E-state index contributed by atoms with van der Waals surface area (Å²) < 4.78 is 0. The number of nitrogens with zero attached hydrogens (tertiary/aromatic N) is 1. The number of aromatic carboxylic acids is 1. The van der Waals surface area contributed by atoms with Crippen molar-refractivity contribution in [3.8, 4) is 0 Å². The highest BCUT2D eigenvalue weighted by molar-refractivity contribution is 7.98. The van der Waals surface area contributed by atoms with E-state index in [1.165, 1.54) is 11.8 Å². The smallest absolute Gasteiger partial charge is 0.335 e. The van der Waals surface area contributed by atoms with Gasteiger partial charge in [0.05, 0.1) is 16.6 Å². The van der Waals surface area contributed by atoms with E-state index in [0.29, 0.717) is 0 Å². The Kier molecular flexibility index (Phi) is 4.37. The number of carboxylic acid groups (broad SMARTS) is 1. The number of carboxylic acids is 1. The van der Waals surface area contributed by atoms with Crippen LogP contribution in [0.3, 0.4) is 0 Å². The van der Waals surface area contributed by atoms with Gasteiger partial charge in [-0.05, 0) is 24.5 Å². The summed E-state index contributed by atoms with van der Waals surface area (Å²) in [6.45, 7) is 4.00. The van der Waals surface area contributed by atoms with E-state index in [1.807, 2.05) is 20.1 Å². The van der Waals surface area contributed by atoms with Crippen LogP contribution in [-0.4, -0.2) is 27.3 Å². The molecule has 5 heteroatoms. The third kappa shape index (κ3) is 2.55. The second-order valence-electron chi connectivity index (χ2n) is 2.78. The van der Waals surface area contributed by atoms with Crippen LogP contribution in [-0.2, 0) is 0 Å². The van der Waals surface area contributed by atoms with Crippen LogP contribution in [0.1, 0.15) is 24.2 Å². The predicted octanol–water partition coefficient (Wildman–Crippen LogP) is 3.01. The molecule has 2 aromatic rings. The number of aromatic amines is 1. The zero-order valence-electron chi connectivity index (χ0n) is 9.44. The van der Waals surface area contributed by atoms with Gasteiger partial charge in [-0.2, -0.15) is 0 Å². The van der Waals surface area contributed by atoms with Crippen molar-refractivity contribution >= 4 is 28.8 Å². The Hall–Kier alpha value is -1.49. The van der Waals surface area contributed by atoms with Gasteiger partial charge in [0.1, 0.15) is 0 Å². The Morgan fingerprint density at radius 2 is 2.12 bits per heavy atom. The topological polar surface area (TPSA) is 66.0 Å². The van der Waals surface area contributed by atoms with Crippen LogP contribution < -0.4 is 0 Å². The first-order chi connectivity index (χ1) is 7.70. The average molecular weight is 238 g/mol. The summed E-state index contributed by atoms with van der Waals surface area (Å²) in [6.07, 6.45) is 1.91. The van der Waals surface area contributed by atoms with E-state index in [2.05, 4.69) is 9.97 Å². The molecule has 0 unspecified atom stereocenters. The molecule has 0 aliphatic rings. The zero-order chi connectivity index (χ0) is 12.1. The van der Waals surface area contributed by atoms with Crippen LogP contribution in [0.5, 0.6) is 0 Å². The molecule has 0 aliphatic carbocycles. The van der Waals surface area contributed by atoms with E-state index in [0.717, 1.165) is 16.2 Å². The van der Waals surface area contributed by atoms with Crippen molar-refractivity contribution in [1.82, 2.24) is 9.97 Å². The van der Waals surface area contributed by atoms with E-state index in [4.69, 9.17) is 5.11 Å². The molecule has 16 heavy (non-hydrogen) atoms. The summed E-state index contributed by atoms with van der Waals surface area (Å²) in [5.74, 6) is -0.924. The number of rotatable bonds is 2. The molecular formula is C11H14N2O2S. The SMILES string of the molecule is CC.CSc1nc2ccc(C(=O)O)cc2[nH]1. The largest absolute Gasteiger partial charge is 0.478 e. The van der Waals surface area contributed by atoms with Gasteiger partial charge in [0.2, 0.25) is 0 Å². The van der Waals surface area contributed by atoms with Crippen LogP contribution in [0, 0.1) is 0 Å². The highest BCUT2D eigenvalue weighted by atomic mass is 32.2. The van der Waals surface area contributed by atoms with Gasteiger partial charge in [-0.1, -0.05) is 25.6 Å². The van der Waals surface area contributed by atoms with Gasteiger partial charge in [-0.15, -0.1) is 0 Å². The van der Waals surface area contributed by atoms with E-state index in [-0.39, 0.29) is 5.56 Å². The molecular weight excluding hydrogens is 224 g/mol. The summed E-state index contributed by atoms with van der Waals surface area (Å²) in [6, 6.07) is 4.84. The molecule has 0 radical (unpaired) electrons. The molecule has 0 amide bonds. The van der Waals surface area contributed by atoms with E-state index in [9.17, 15) is 4.79 Å². The van der Waals surface area contributed by atoms with Gasteiger partial charge < -0.3 is 10.1 Å². The summed E-state index contributed by atoms with van der Waals surface area (Å²) >= 11 is 1.49. The maximum atomic E-state index is 10.7. The Morgan fingerprint density at radius 1 is 1.44 bits per heavy atom. The molecule has 0 fully saturated rings.